The highest BCUT2D eigenvalue weighted by molar-refractivity contribution is 5.79. The number of hydrogen-bond acceptors (Lipinski definition) is 3. The monoisotopic (exact) mass is 138 g/mol. The van der Waals surface area contributed by atoms with Crippen molar-refractivity contribution in [1.29, 1.82) is 0 Å². The first-order chi connectivity index (χ1) is 4.79. The van der Waals surface area contributed by atoms with Gasteiger partial charge >= 0.3 is 6.03 Å². The first kappa shape index (κ1) is 5.40. The summed E-state index contributed by atoms with van der Waals surface area (Å²) in [5.41, 5.74) is 0. The molecule has 0 bridgehead atoms. The van der Waals surface area contributed by atoms with Crippen LogP contribution in [0.1, 0.15) is 11.6 Å². The molecule has 0 spiro atoms. The van der Waals surface area contributed by atoms with E-state index in [1.165, 1.54) is 4.57 Å². The van der Waals surface area contributed by atoms with E-state index in [-0.39, 0.29) is 6.03 Å². The largest absolute Gasteiger partial charge is 0.330 e. The molecular weight excluding hydrogens is 132 g/mol. The lowest BCUT2D eigenvalue weighted by Gasteiger charge is -1.91. The second-order valence-electron chi connectivity index (χ2n) is 2.16. The smallest absolute Gasteiger partial charge is 0.328 e. The van der Waals surface area contributed by atoms with Crippen molar-refractivity contribution in [3.63, 3.8) is 0 Å². The maximum atomic E-state index is 10.9. The first-order valence-electron chi connectivity index (χ1n) is 2.98. The Labute approximate surface area is 57.1 Å². The van der Waals surface area contributed by atoms with E-state index < -0.39 is 0 Å². The summed E-state index contributed by atoms with van der Waals surface area (Å²) in [6, 6.07) is -0.127. The van der Waals surface area contributed by atoms with Crippen LogP contribution in [0.25, 0.3) is 0 Å². The number of amides is 1. The summed E-state index contributed by atoms with van der Waals surface area (Å²) in [6.45, 7) is 2.25. The van der Waals surface area contributed by atoms with Crippen molar-refractivity contribution in [3.05, 3.63) is 11.6 Å². The summed E-state index contributed by atoms with van der Waals surface area (Å²) in [4.78, 5) is 10.9. The Balaban J connectivity index is 2.65. The fourth-order valence-corrected chi connectivity index (χ4v) is 1.02. The van der Waals surface area contributed by atoms with Crippen molar-refractivity contribution in [1.82, 2.24) is 20.1 Å². The number of rotatable bonds is 0. The minimum absolute atomic E-state index is 0.127. The second kappa shape index (κ2) is 1.56. The minimum Gasteiger partial charge on any atom is -0.330 e. The summed E-state index contributed by atoms with van der Waals surface area (Å²) < 4.78 is 1.47. The molecule has 0 aromatic carbocycles. The van der Waals surface area contributed by atoms with E-state index in [4.69, 9.17) is 0 Å². The molecule has 0 aliphatic carbocycles. The number of nitrogens with zero attached hydrogens (tertiary/aromatic N) is 3. The molecule has 1 N–H and O–H groups in total. The Morgan fingerprint density at radius 3 is 3.10 bits per heavy atom. The van der Waals surface area contributed by atoms with Gasteiger partial charge in [-0.25, -0.2) is 9.36 Å². The first-order valence-corrected chi connectivity index (χ1v) is 2.98. The molecule has 1 amide bonds. The summed E-state index contributed by atoms with van der Waals surface area (Å²) in [5, 5.41) is 10.1. The van der Waals surface area contributed by atoms with Crippen molar-refractivity contribution in [2.75, 3.05) is 0 Å². The van der Waals surface area contributed by atoms with E-state index in [0.717, 1.165) is 0 Å². The Morgan fingerprint density at radius 2 is 2.40 bits per heavy atom. The molecule has 52 valence electrons. The number of fused-ring (bicyclic) bond motifs is 1. The average molecular weight is 138 g/mol. The molecular formula is C5H6N4O. The number of hydrogen-bond donors (Lipinski definition) is 1. The van der Waals surface area contributed by atoms with Crippen LogP contribution in [0.3, 0.4) is 0 Å². The van der Waals surface area contributed by atoms with Crippen LogP contribution in [0.2, 0.25) is 0 Å². The maximum Gasteiger partial charge on any atom is 0.328 e. The van der Waals surface area contributed by atoms with E-state index in [1.807, 2.05) is 0 Å². The predicted octanol–water partition coefficient (Wildman–Crippen LogP) is -0.342. The number of nitrogens with one attached hydrogen (secondary N) is 1. The van der Waals surface area contributed by atoms with Gasteiger partial charge in [0.25, 0.3) is 0 Å². The number of carbonyl (C=O) groups is 1. The molecule has 1 aromatic heterocycles. The molecule has 0 fully saturated rings. The fraction of sp³-hybridized carbons (Fsp3) is 0.400. The van der Waals surface area contributed by atoms with Crippen LogP contribution in [0.5, 0.6) is 0 Å². The Morgan fingerprint density at radius 1 is 1.60 bits per heavy atom. The summed E-state index contributed by atoms with van der Waals surface area (Å²) >= 11 is 0. The van der Waals surface area contributed by atoms with E-state index in [0.29, 0.717) is 18.2 Å². The number of aryl methyl sites for hydroxylation is 1. The Kier molecular flexibility index (Phi) is 0.841. The van der Waals surface area contributed by atoms with E-state index >= 15 is 0 Å². The van der Waals surface area contributed by atoms with Crippen molar-refractivity contribution < 1.29 is 4.79 Å². The number of carbonyl (C=O) groups excluding carboxylic acids is 1. The van der Waals surface area contributed by atoms with Crippen LogP contribution < -0.4 is 5.32 Å². The zero-order chi connectivity index (χ0) is 7.14. The summed E-state index contributed by atoms with van der Waals surface area (Å²) in [6.07, 6.45) is 0. The van der Waals surface area contributed by atoms with Gasteiger partial charge in [-0.3, -0.25) is 0 Å². The lowest BCUT2D eigenvalue weighted by molar-refractivity contribution is 0.246. The third-order valence-electron chi connectivity index (χ3n) is 1.49. The maximum absolute atomic E-state index is 10.9. The van der Waals surface area contributed by atoms with E-state index in [9.17, 15) is 4.79 Å². The van der Waals surface area contributed by atoms with Gasteiger partial charge in [-0.05, 0) is 6.92 Å². The summed E-state index contributed by atoms with van der Waals surface area (Å²) in [5.74, 6) is 1.34. The molecule has 1 aliphatic rings. The third-order valence-corrected chi connectivity index (χ3v) is 1.49. The van der Waals surface area contributed by atoms with Crippen LogP contribution in [-0.2, 0) is 6.54 Å². The van der Waals surface area contributed by atoms with Gasteiger partial charge in [0.2, 0.25) is 0 Å². The molecule has 1 aromatic rings. The van der Waals surface area contributed by atoms with Crippen molar-refractivity contribution in [3.8, 4) is 0 Å². The number of aromatic nitrogens is 3. The third kappa shape index (κ3) is 0.490. The molecule has 0 atom stereocenters. The standard InChI is InChI=1S/C5H6N4O/c1-3-7-8-4-2-6-5(10)9(3)4/h2H2,1H3,(H,6,10). The average Bonchev–Trinajstić information content (AvgIpc) is 2.40. The van der Waals surface area contributed by atoms with Crippen LogP contribution >= 0.6 is 0 Å². The molecule has 2 heterocycles. The van der Waals surface area contributed by atoms with E-state index in [1.54, 1.807) is 6.92 Å². The molecule has 10 heavy (non-hydrogen) atoms. The molecule has 2 rings (SSSR count). The Hall–Kier alpha value is -1.39. The second-order valence-corrected chi connectivity index (χ2v) is 2.16. The topological polar surface area (TPSA) is 59.8 Å². The van der Waals surface area contributed by atoms with Crippen molar-refractivity contribution in [2.45, 2.75) is 13.5 Å². The lowest BCUT2D eigenvalue weighted by atomic mass is 10.6. The Bertz CT molecular complexity index is 290. The van der Waals surface area contributed by atoms with Gasteiger partial charge in [-0.1, -0.05) is 0 Å². The molecule has 5 heteroatoms. The summed E-state index contributed by atoms with van der Waals surface area (Å²) in [7, 11) is 0. The molecule has 0 saturated heterocycles. The lowest BCUT2D eigenvalue weighted by Crippen LogP contribution is -2.18. The van der Waals surface area contributed by atoms with Gasteiger partial charge < -0.3 is 5.32 Å². The van der Waals surface area contributed by atoms with E-state index in [2.05, 4.69) is 15.5 Å². The molecule has 0 radical (unpaired) electrons. The van der Waals surface area contributed by atoms with Gasteiger partial charge in [0, 0.05) is 0 Å². The van der Waals surface area contributed by atoms with Crippen LogP contribution in [-0.4, -0.2) is 20.8 Å². The van der Waals surface area contributed by atoms with Crippen LogP contribution in [0.4, 0.5) is 4.79 Å². The van der Waals surface area contributed by atoms with Crippen molar-refractivity contribution >= 4 is 6.03 Å². The van der Waals surface area contributed by atoms with Crippen LogP contribution in [0, 0.1) is 6.92 Å². The van der Waals surface area contributed by atoms with Crippen molar-refractivity contribution in [2.24, 2.45) is 0 Å². The molecule has 5 nitrogen and oxygen atoms in total. The van der Waals surface area contributed by atoms with Gasteiger partial charge in [0.05, 0.1) is 6.54 Å². The molecule has 1 aliphatic heterocycles. The predicted molar refractivity (Wildman–Crippen MR) is 32.4 cm³/mol. The quantitative estimate of drug-likeness (QED) is 0.533. The highest BCUT2D eigenvalue weighted by Gasteiger charge is 2.21. The van der Waals surface area contributed by atoms with Gasteiger partial charge in [0.1, 0.15) is 5.82 Å². The highest BCUT2D eigenvalue weighted by atomic mass is 16.2. The SMILES string of the molecule is Cc1nnc2n1C(=O)NC2. The van der Waals surface area contributed by atoms with Gasteiger partial charge in [0.15, 0.2) is 5.82 Å². The highest BCUT2D eigenvalue weighted by Crippen LogP contribution is 2.05. The van der Waals surface area contributed by atoms with Gasteiger partial charge in [-0.15, -0.1) is 10.2 Å². The normalized spacial score (nSPS) is 15.1. The molecule has 0 saturated carbocycles. The van der Waals surface area contributed by atoms with Gasteiger partial charge in [-0.2, -0.15) is 0 Å². The molecule has 0 unspecified atom stereocenters. The zero-order valence-corrected chi connectivity index (χ0v) is 5.46. The minimum atomic E-state index is -0.127. The van der Waals surface area contributed by atoms with Crippen LogP contribution in [0.15, 0.2) is 0 Å². The fourth-order valence-electron chi connectivity index (χ4n) is 1.02. The zero-order valence-electron chi connectivity index (χ0n) is 5.46.